The van der Waals surface area contributed by atoms with E-state index < -0.39 is 13.3 Å². The minimum absolute atomic E-state index is 0.0672. The van der Waals surface area contributed by atoms with Crippen molar-refractivity contribution in [3.05, 3.63) is 90.0 Å². The van der Waals surface area contributed by atoms with E-state index in [1.807, 2.05) is 48.1 Å². The molecule has 0 saturated carbocycles. The Morgan fingerprint density at radius 3 is 2.21 bits per heavy atom. The Bertz CT molecular complexity index is 1120. The predicted octanol–water partition coefficient (Wildman–Crippen LogP) is 4.15. The average Bonchev–Trinajstić information content (AvgIpc) is 3.27. The zero-order valence-electron chi connectivity index (χ0n) is 21.5. The van der Waals surface area contributed by atoms with Gasteiger partial charge in [-0.05, 0) is 35.3 Å². The number of unbranched alkanes of at least 4 members (excludes halogenated alkanes) is 1. The Hall–Kier alpha value is -3.41. The highest BCUT2D eigenvalue weighted by Gasteiger charge is 2.21. The average molecular weight is 551 g/mol. The predicted molar refractivity (Wildman–Crippen MR) is 146 cm³/mol. The molecule has 0 radical (unpaired) electrons. The summed E-state index contributed by atoms with van der Waals surface area (Å²) in [6.07, 6.45) is 8.82. The van der Waals surface area contributed by atoms with Gasteiger partial charge in [-0.25, -0.2) is 9.13 Å². The number of nitrogens with one attached hydrogen (secondary N) is 3. The summed E-state index contributed by atoms with van der Waals surface area (Å²) in [5, 5.41) is 9.98. The number of hydrogen-bond acceptors (Lipinski definition) is 2. The summed E-state index contributed by atoms with van der Waals surface area (Å²) < 4.78 is 43.2. The molecule has 3 aromatic rings. The van der Waals surface area contributed by atoms with Crippen LogP contribution in [0.4, 0.5) is 17.3 Å². The van der Waals surface area contributed by atoms with E-state index in [9.17, 15) is 22.1 Å². The van der Waals surface area contributed by atoms with Crippen molar-refractivity contribution in [3.63, 3.8) is 0 Å². The molecule has 2 aromatic carbocycles. The van der Waals surface area contributed by atoms with Gasteiger partial charge in [0.1, 0.15) is 25.0 Å². The van der Waals surface area contributed by atoms with Gasteiger partial charge in [0.2, 0.25) is 12.2 Å². The highest BCUT2D eigenvalue weighted by Crippen LogP contribution is 2.08. The number of halogens is 4. The highest BCUT2D eigenvalue weighted by molar-refractivity contribution is 7.80. The lowest BCUT2D eigenvalue weighted by Crippen LogP contribution is -2.51. The first-order valence-corrected chi connectivity index (χ1v) is 12.8. The second-order valence-electron chi connectivity index (χ2n) is 8.78. The van der Waals surface area contributed by atoms with Crippen LogP contribution in [0.3, 0.4) is 0 Å². The number of hydrogen-bond donors (Lipinski definition) is 3. The summed E-state index contributed by atoms with van der Waals surface area (Å²) in [7, 11) is -3.99. The van der Waals surface area contributed by atoms with Crippen LogP contribution in [0.2, 0.25) is 0 Å². The third-order valence-corrected chi connectivity index (χ3v) is 5.66. The van der Waals surface area contributed by atoms with Crippen molar-refractivity contribution in [2.24, 2.45) is 7.05 Å². The Morgan fingerprint density at radius 1 is 1.00 bits per heavy atom. The molecule has 0 unspecified atom stereocenters. The van der Waals surface area contributed by atoms with Crippen LogP contribution in [0.25, 0.3) is 0 Å². The number of amides is 1. The van der Waals surface area contributed by atoms with Crippen molar-refractivity contribution in [1.82, 2.24) is 20.5 Å². The minimum Gasteiger partial charge on any atom is -0.418 e. The standard InChI is InChI=1S/C26H33N5OS.BF4/c1-3-4-14-27-26(33)29-24(17-21-8-6-5-7-9-21)25(32)28-18-22-10-12-23(13-11-22)19-31-16-15-30(2)20-31;2-1(3,4)5/h5-13,15-16,20,24H,3-4,14,17-19H2,1-2H3,(H2-,27,28,29,32,33);/q;-1/p+1/t24-;/m0./s1. The third-order valence-electron chi connectivity index (χ3n) is 5.40. The maximum Gasteiger partial charge on any atom is 0.673 e. The lowest BCUT2D eigenvalue weighted by molar-refractivity contribution is -0.671. The van der Waals surface area contributed by atoms with Gasteiger partial charge in [-0.15, -0.1) is 0 Å². The van der Waals surface area contributed by atoms with Crippen LogP contribution in [-0.2, 0) is 31.4 Å². The molecule has 3 N–H and O–H groups in total. The molecular formula is C26H34BF4N5OS. The van der Waals surface area contributed by atoms with Gasteiger partial charge in [0.05, 0.1) is 7.05 Å². The van der Waals surface area contributed by atoms with E-state index >= 15 is 0 Å². The smallest absolute Gasteiger partial charge is 0.418 e. The van der Waals surface area contributed by atoms with Crippen LogP contribution >= 0.6 is 12.2 Å². The molecule has 0 aliphatic rings. The Balaban J connectivity index is 0.000000926. The van der Waals surface area contributed by atoms with E-state index in [1.165, 1.54) is 5.56 Å². The van der Waals surface area contributed by atoms with E-state index in [2.05, 4.69) is 64.2 Å². The first-order valence-electron chi connectivity index (χ1n) is 12.4. The SMILES string of the molecule is CCCCNC(=S)N[C@@H](Cc1ccccc1)C(=O)NCc1ccc(Cn2cc[n+](C)c2)cc1.F[B-](F)(F)F. The first kappa shape index (κ1) is 30.8. The van der Waals surface area contributed by atoms with Crippen molar-refractivity contribution in [3.8, 4) is 0 Å². The highest BCUT2D eigenvalue weighted by atomic mass is 32.1. The van der Waals surface area contributed by atoms with Crippen molar-refractivity contribution in [2.45, 2.75) is 45.3 Å². The van der Waals surface area contributed by atoms with E-state index in [0.717, 1.165) is 37.1 Å². The fourth-order valence-corrected chi connectivity index (χ4v) is 3.77. The molecular weight excluding hydrogens is 517 g/mol. The molecule has 1 amide bonds. The largest absolute Gasteiger partial charge is 0.673 e. The summed E-state index contributed by atoms with van der Waals surface area (Å²) in [4.78, 5) is 13.0. The van der Waals surface area contributed by atoms with Gasteiger partial charge in [-0.2, -0.15) is 0 Å². The Labute approximate surface area is 226 Å². The van der Waals surface area contributed by atoms with Gasteiger partial charge in [-0.1, -0.05) is 67.9 Å². The maximum atomic E-state index is 13.0. The van der Waals surface area contributed by atoms with Gasteiger partial charge in [-0.3, -0.25) is 4.79 Å². The Morgan fingerprint density at radius 2 is 1.63 bits per heavy atom. The monoisotopic (exact) mass is 551 g/mol. The van der Waals surface area contributed by atoms with Crippen molar-refractivity contribution in [1.29, 1.82) is 0 Å². The van der Waals surface area contributed by atoms with Gasteiger partial charge in [0.25, 0.3) is 0 Å². The lowest BCUT2D eigenvalue weighted by Gasteiger charge is -2.21. The second-order valence-corrected chi connectivity index (χ2v) is 9.18. The summed E-state index contributed by atoms with van der Waals surface area (Å²) in [6, 6.07) is 17.9. The molecule has 1 atom stereocenters. The van der Waals surface area contributed by atoms with Crippen molar-refractivity contribution >= 4 is 30.5 Å². The molecule has 6 nitrogen and oxygen atoms in total. The molecule has 0 spiro atoms. The van der Waals surface area contributed by atoms with Crippen LogP contribution in [0.1, 0.15) is 36.5 Å². The quantitative estimate of drug-likeness (QED) is 0.110. The van der Waals surface area contributed by atoms with Crippen LogP contribution in [0.15, 0.2) is 73.3 Å². The molecule has 12 heteroatoms. The number of nitrogens with zero attached hydrogens (tertiary/aromatic N) is 2. The molecule has 0 saturated heterocycles. The zero-order valence-corrected chi connectivity index (χ0v) is 22.4. The van der Waals surface area contributed by atoms with Crippen molar-refractivity contribution < 1.29 is 26.6 Å². The molecule has 0 fully saturated rings. The molecule has 0 bridgehead atoms. The number of imidazole rings is 1. The normalized spacial score (nSPS) is 11.6. The number of carbonyl (C=O) groups is 1. The first-order chi connectivity index (χ1) is 18.0. The van der Waals surface area contributed by atoms with Crippen LogP contribution in [-0.4, -0.2) is 35.4 Å². The summed E-state index contributed by atoms with van der Waals surface area (Å²) in [5.41, 5.74) is 3.37. The van der Waals surface area contributed by atoms with E-state index in [-0.39, 0.29) is 5.91 Å². The molecule has 1 aromatic heterocycles. The number of carbonyl (C=O) groups excluding carboxylic acids is 1. The summed E-state index contributed by atoms with van der Waals surface area (Å²) in [6.45, 7) is 4.23. The molecule has 1 heterocycles. The maximum absolute atomic E-state index is 13.0. The van der Waals surface area contributed by atoms with E-state index in [4.69, 9.17) is 12.2 Å². The number of thiocarbonyl (C=S) groups is 1. The minimum atomic E-state index is -6.00. The number of aromatic nitrogens is 2. The van der Waals surface area contributed by atoms with Crippen molar-refractivity contribution in [2.75, 3.05) is 6.54 Å². The fourth-order valence-electron chi connectivity index (χ4n) is 3.53. The van der Waals surface area contributed by atoms with Gasteiger partial charge < -0.3 is 33.2 Å². The van der Waals surface area contributed by atoms with Gasteiger partial charge in [0, 0.05) is 19.5 Å². The van der Waals surface area contributed by atoms with E-state index in [1.54, 1.807) is 0 Å². The number of benzene rings is 2. The number of aryl methyl sites for hydroxylation is 1. The van der Waals surface area contributed by atoms with Crippen LogP contribution in [0, 0.1) is 0 Å². The third kappa shape index (κ3) is 13.2. The lowest BCUT2D eigenvalue weighted by atomic mass is 10.1. The second kappa shape index (κ2) is 15.8. The summed E-state index contributed by atoms with van der Waals surface area (Å²) >= 11 is 5.42. The molecule has 0 aliphatic heterocycles. The van der Waals surface area contributed by atoms with E-state index in [0.29, 0.717) is 18.1 Å². The van der Waals surface area contributed by atoms with Gasteiger partial charge in [0.15, 0.2) is 5.11 Å². The Kier molecular flexibility index (Phi) is 12.8. The molecule has 3 rings (SSSR count). The molecule has 38 heavy (non-hydrogen) atoms. The van der Waals surface area contributed by atoms with Crippen LogP contribution < -0.4 is 20.5 Å². The molecule has 0 aliphatic carbocycles. The summed E-state index contributed by atoms with van der Waals surface area (Å²) in [5.74, 6) is -0.0672. The number of rotatable bonds is 11. The molecule has 206 valence electrons. The van der Waals surface area contributed by atoms with Gasteiger partial charge >= 0.3 is 7.25 Å². The topological polar surface area (TPSA) is 62.0 Å². The fraction of sp³-hybridized carbons (Fsp3) is 0.346. The zero-order chi connectivity index (χ0) is 28.0. The van der Waals surface area contributed by atoms with Crippen LogP contribution in [0.5, 0.6) is 0 Å².